The minimum atomic E-state index is -0.284. The highest BCUT2D eigenvalue weighted by Gasteiger charge is 2.09. The average Bonchev–Trinajstić information content (AvgIpc) is 2.62. The molecule has 0 atom stereocenters. The number of carbonyl (C=O) groups is 1. The van der Waals surface area contributed by atoms with Crippen LogP contribution in [0.25, 0.3) is 0 Å². The lowest BCUT2D eigenvalue weighted by molar-refractivity contribution is 0.102. The van der Waals surface area contributed by atoms with E-state index in [1.165, 1.54) is 12.4 Å². The molecular formula is C18H23N5O. The number of hydrogen-bond donors (Lipinski definition) is 2. The smallest absolute Gasteiger partial charge is 0.275 e. The average molecular weight is 325 g/mol. The van der Waals surface area contributed by atoms with E-state index in [0.717, 1.165) is 24.5 Å². The van der Waals surface area contributed by atoms with Crippen LogP contribution in [0.15, 0.2) is 49.3 Å². The second-order valence-electron chi connectivity index (χ2n) is 5.13. The maximum atomic E-state index is 12.2. The summed E-state index contributed by atoms with van der Waals surface area (Å²) >= 11 is 0. The summed E-state index contributed by atoms with van der Waals surface area (Å²) in [6.07, 6.45) is 4.71. The largest absolute Gasteiger partial charge is 0.372 e. The van der Waals surface area contributed by atoms with Crippen LogP contribution in [0.5, 0.6) is 0 Å². The first-order valence-electron chi connectivity index (χ1n) is 8.01. The van der Waals surface area contributed by atoms with Crippen LogP contribution in [0.4, 0.5) is 17.2 Å². The summed E-state index contributed by atoms with van der Waals surface area (Å²) in [5, 5.41) is 5.84. The third kappa shape index (κ3) is 4.55. The molecule has 2 N–H and O–H groups in total. The highest BCUT2D eigenvalue weighted by atomic mass is 16.1. The van der Waals surface area contributed by atoms with Gasteiger partial charge in [-0.2, -0.15) is 0 Å². The van der Waals surface area contributed by atoms with Crippen LogP contribution in [0, 0.1) is 0 Å². The molecule has 1 amide bonds. The van der Waals surface area contributed by atoms with Crippen molar-refractivity contribution < 1.29 is 4.79 Å². The first-order chi connectivity index (χ1) is 11.7. The fourth-order valence-corrected chi connectivity index (χ4v) is 2.25. The van der Waals surface area contributed by atoms with Crippen LogP contribution in [-0.2, 0) is 0 Å². The third-order valence-electron chi connectivity index (χ3n) is 3.57. The van der Waals surface area contributed by atoms with E-state index >= 15 is 0 Å². The molecule has 2 rings (SSSR count). The molecule has 1 heterocycles. The Kier molecular flexibility index (Phi) is 6.31. The van der Waals surface area contributed by atoms with Crippen LogP contribution in [0.1, 0.15) is 24.3 Å². The van der Waals surface area contributed by atoms with Crippen LogP contribution >= 0.6 is 0 Å². The zero-order chi connectivity index (χ0) is 17.4. The minimum absolute atomic E-state index is 0.270. The van der Waals surface area contributed by atoms with Crippen LogP contribution < -0.4 is 15.5 Å². The lowest BCUT2D eigenvalue weighted by Crippen LogP contribution is -2.21. The molecule has 6 nitrogen and oxygen atoms in total. The number of nitrogens with zero attached hydrogens (tertiary/aromatic N) is 3. The van der Waals surface area contributed by atoms with Crippen molar-refractivity contribution in [3.8, 4) is 0 Å². The summed E-state index contributed by atoms with van der Waals surface area (Å²) in [6.45, 7) is 10.3. The van der Waals surface area contributed by atoms with Crippen molar-refractivity contribution in [2.24, 2.45) is 0 Å². The summed E-state index contributed by atoms with van der Waals surface area (Å²) in [4.78, 5) is 22.7. The predicted octanol–water partition coefficient (Wildman–Crippen LogP) is 3.17. The van der Waals surface area contributed by atoms with E-state index in [2.05, 4.69) is 45.9 Å². The summed E-state index contributed by atoms with van der Waals surface area (Å²) in [6, 6.07) is 7.77. The molecule has 24 heavy (non-hydrogen) atoms. The quantitative estimate of drug-likeness (QED) is 0.730. The molecular weight excluding hydrogens is 302 g/mol. The highest BCUT2D eigenvalue weighted by molar-refractivity contribution is 6.02. The summed E-state index contributed by atoms with van der Waals surface area (Å²) < 4.78 is 0. The van der Waals surface area contributed by atoms with Gasteiger partial charge in [-0.1, -0.05) is 6.08 Å². The van der Waals surface area contributed by atoms with Crippen LogP contribution in [0.2, 0.25) is 0 Å². The molecule has 0 saturated carbocycles. The van der Waals surface area contributed by atoms with Gasteiger partial charge >= 0.3 is 0 Å². The van der Waals surface area contributed by atoms with Gasteiger partial charge in [-0.05, 0) is 38.1 Å². The van der Waals surface area contributed by atoms with E-state index in [9.17, 15) is 4.79 Å². The van der Waals surface area contributed by atoms with Gasteiger partial charge in [-0.25, -0.2) is 9.97 Å². The second-order valence-corrected chi connectivity index (χ2v) is 5.13. The summed E-state index contributed by atoms with van der Waals surface area (Å²) in [5.74, 6) is 0.323. The Morgan fingerprint density at radius 2 is 1.88 bits per heavy atom. The minimum Gasteiger partial charge on any atom is -0.372 e. The van der Waals surface area contributed by atoms with Gasteiger partial charge < -0.3 is 15.5 Å². The van der Waals surface area contributed by atoms with Gasteiger partial charge in [-0.15, -0.1) is 6.58 Å². The van der Waals surface area contributed by atoms with Gasteiger partial charge in [0.25, 0.3) is 5.91 Å². The number of rotatable bonds is 8. The number of amides is 1. The number of benzene rings is 1. The second kappa shape index (κ2) is 8.67. The van der Waals surface area contributed by atoms with Crippen LogP contribution in [-0.4, -0.2) is 35.5 Å². The van der Waals surface area contributed by atoms with Crippen molar-refractivity contribution in [3.05, 3.63) is 55.0 Å². The van der Waals surface area contributed by atoms with Gasteiger partial charge in [0.15, 0.2) is 0 Å². The van der Waals surface area contributed by atoms with Gasteiger partial charge in [0.05, 0.1) is 12.4 Å². The Morgan fingerprint density at radius 1 is 1.17 bits per heavy atom. The molecule has 0 aliphatic heterocycles. The zero-order valence-corrected chi connectivity index (χ0v) is 14.1. The normalized spacial score (nSPS) is 10.1. The maximum Gasteiger partial charge on any atom is 0.275 e. The molecule has 1 aromatic carbocycles. The molecule has 2 aromatic rings. The zero-order valence-electron chi connectivity index (χ0n) is 14.1. The molecule has 126 valence electrons. The Labute approximate surface area is 142 Å². The number of hydrogen-bond acceptors (Lipinski definition) is 5. The van der Waals surface area contributed by atoms with Gasteiger partial charge in [0, 0.05) is 31.0 Å². The van der Waals surface area contributed by atoms with E-state index in [0.29, 0.717) is 12.4 Å². The van der Waals surface area contributed by atoms with Crippen molar-refractivity contribution in [1.29, 1.82) is 0 Å². The SMILES string of the molecule is C=CCNc1cnc(C(=O)Nc2ccc(N(CC)CC)cc2)cn1. The molecule has 0 aliphatic rings. The number of nitrogens with one attached hydrogen (secondary N) is 2. The lowest BCUT2D eigenvalue weighted by Gasteiger charge is -2.21. The topological polar surface area (TPSA) is 70.2 Å². The first kappa shape index (κ1) is 17.5. The van der Waals surface area contributed by atoms with Crippen molar-refractivity contribution in [1.82, 2.24) is 9.97 Å². The number of aromatic nitrogens is 2. The molecule has 0 bridgehead atoms. The maximum absolute atomic E-state index is 12.2. The monoisotopic (exact) mass is 325 g/mol. The summed E-state index contributed by atoms with van der Waals surface area (Å²) in [5.41, 5.74) is 2.13. The predicted molar refractivity (Wildman–Crippen MR) is 98.7 cm³/mol. The molecule has 0 saturated heterocycles. The van der Waals surface area contributed by atoms with Gasteiger partial charge in [-0.3, -0.25) is 4.79 Å². The third-order valence-corrected chi connectivity index (χ3v) is 3.57. The molecule has 0 fully saturated rings. The number of anilines is 3. The van der Waals surface area contributed by atoms with Crippen molar-refractivity contribution >= 4 is 23.1 Å². The lowest BCUT2D eigenvalue weighted by atomic mass is 10.2. The highest BCUT2D eigenvalue weighted by Crippen LogP contribution is 2.18. The van der Waals surface area contributed by atoms with E-state index in [4.69, 9.17) is 0 Å². The van der Waals surface area contributed by atoms with Gasteiger partial charge in [0.2, 0.25) is 0 Å². The Hall–Kier alpha value is -2.89. The van der Waals surface area contributed by atoms with Gasteiger partial charge in [0.1, 0.15) is 11.5 Å². The van der Waals surface area contributed by atoms with E-state index < -0.39 is 0 Å². The molecule has 6 heteroatoms. The van der Waals surface area contributed by atoms with Crippen molar-refractivity contribution in [2.75, 3.05) is 35.2 Å². The summed E-state index contributed by atoms with van der Waals surface area (Å²) in [7, 11) is 0. The van der Waals surface area contributed by atoms with Crippen LogP contribution in [0.3, 0.4) is 0 Å². The molecule has 1 aromatic heterocycles. The van der Waals surface area contributed by atoms with Crippen molar-refractivity contribution in [2.45, 2.75) is 13.8 Å². The fraction of sp³-hybridized carbons (Fsp3) is 0.278. The molecule has 0 radical (unpaired) electrons. The van der Waals surface area contributed by atoms with E-state index in [1.807, 2.05) is 24.3 Å². The molecule has 0 aliphatic carbocycles. The number of carbonyl (C=O) groups excluding carboxylic acids is 1. The van der Waals surface area contributed by atoms with E-state index in [-0.39, 0.29) is 11.6 Å². The standard InChI is InChI=1S/C18H23N5O/c1-4-11-19-17-13-20-16(12-21-17)18(24)22-14-7-9-15(10-8-14)23(5-2)6-3/h4,7-10,12-13H,1,5-6,11H2,2-3H3,(H,19,21)(H,22,24). The van der Waals surface area contributed by atoms with Crippen molar-refractivity contribution in [3.63, 3.8) is 0 Å². The molecule has 0 spiro atoms. The Bertz CT molecular complexity index is 663. The fourth-order valence-electron chi connectivity index (χ4n) is 2.25. The first-order valence-corrected chi connectivity index (χ1v) is 8.01. The van der Waals surface area contributed by atoms with E-state index in [1.54, 1.807) is 6.08 Å². The Balaban J connectivity index is 2.00. The molecule has 0 unspecified atom stereocenters. The Morgan fingerprint density at radius 3 is 2.42 bits per heavy atom.